The first-order valence-corrected chi connectivity index (χ1v) is 16.4. The van der Waals surface area contributed by atoms with Crippen LogP contribution in [0.25, 0.3) is 6.08 Å². The number of esters is 1. The highest BCUT2D eigenvalue weighted by Crippen LogP contribution is 2.71. The van der Waals surface area contributed by atoms with Crippen LogP contribution < -0.4 is 0 Å². The van der Waals surface area contributed by atoms with E-state index in [1.54, 1.807) is 6.92 Å². The summed E-state index contributed by atoms with van der Waals surface area (Å²) in [5, 5.41) is 0. The fourth-order valence-electron chi connectivity index (χ4n) is 11.5. The average molecular weight is 547 g/mol. The maximum atomic E-state index is 11.7. The van der Waals surface area contributed by atoms with Crippen LogP contribution in [0.15, 0.2) is 35.9 Å². The van der Waals surface area contributed by atoms with Crippen LogP contribution in [0.3, 0.4) is 0 Å². The number of hydrogen-bond acceptors (Lipinski definition) is 4. The Bertz CT molecular complexity index is 1160. The molecule has 2 aliphatic heterocycles. The van der Waals surface area contributed by atoms with Gasteiger partial charge in [0.05, 0.1) is 12.7 Å². The van der Waals surface area contributed by atoms with Gasteiger partial charge in [-0.2, -0.15) is 0 Å². The highest BCUT2D eigenvalue weighted by atomic mass is 16.7. The molecule has 6 aliphatic rings. The fourth-order valence-corrected chi connectivity index (χ4v) is 11.5. The minimum atomic E-state index is -0.568. The van der Waals surface area contributed by atoms with E-state index in [2.05, 4.69) is 64.1 Å². The van der Waals surface area contributed by atoms with Crippen molar-refractivity contribution < 1.29 is 19.0 Å². The van der Waals surface area contributed by atoms with Crippen LogP contribution in [-0.2, 0) is 19.0 Å². The van der Waals surface area contributed by atoms with Crippen LogP contribution in [0.1, 0.15) is 98.0 Å². The summed E-state index contributed by atoms with van der Waals surface area (Å²) in [6.45, 7) is 12.3. The molecule has 4 nitrogen and oxygen atoms in total. The van der Waals surface area contributed by atoms with Crippen LogP contribution in [-0.4, -0.2) is 30.6 Å². The summed E-state index contributed by atoms with van der Waals surface area (Å²) in [5.74, 6) is 3.78. The van der Waals surface area contributed by atoms with Crippen molar-refractivity contribution in [1.29, 1.82) is 0 Å². The smallest absolute Gasteiger partial charge is 0.302 e. The lowest BCUT2D eigenvalue weighted by Crippen LogP contribution is -2.55. The first kappa shape index (κ1) is 27.2. The molecule has 218 valence electrons. The Kier molecular flexibility index (Phi) is 6.59. The molecule has 0 unspecified atom stereocenters. The Labute approximate surface area is 241 Å². The summed E-state index contributed by atoms with van der Waals surface area (Å²) >= 11 is 0. The van der Waals surface area contributed by atoms with Gasteiger partial charge in [-0.3, -0.25) is 4.79 Å². The van der Waals surface area contributed by atoms with E-state index in [4.69, 9.17) is 14.2 Å². The number of rotatable bonds is 2. The topological polar surface area (TPSA) is 44.8 Å². The first-order valence-electron chi connectivity index (χ1n) is 16.4. The fraction of sp³-hybridized carbons (Fsp3) is 0.750. The number of carbonyl (C=O) groups is 1. The van der Waals surface area contributed by atoms with Crippen LogP contribution in [0.4, 0.5) is 0 Å². The molecule has 0 amide bonds. The second-order valence-corrected chi connectivity index (χ2v) is 15.3. The Morgan fingerprint density at radius 1 is 0.975 bits per heavy atom. The zero-order valence-corrected chi connectivity index (χ0v) is 25.4. The summed E-state index contributed by atoms with van der Waals surface area (Å²) in [4.78, 5) is 11.7. The molecular weight excluding hydrogens is 496 g/mol. The molecule has 4 aliphatic carbocycles. The second kappa shape index (κ2) is 9.69. The number of hydrogen-bond donors (Lipinski definition) is 0. The van der Waals surface area contributed by atoms with Crippen LogP contribution in [0.2, 0.25) is 0 Å². The summed E-state index contributed by atoms with van der Waals surface area (Å²) in [7, 11) is 0. The van der Waals surface area contributed by atoms with Gasteiger partial charge < -0.3 is 14.2 Å². The molecule has 0 bridgehead atoms. The van der Waals surface area contributed by atoms with Gasteiger partial charge in [-0.1, -0.05) is 64.1 Å². The third kappa shape index (κ3) is 4.02. The Balaban J connectivity index is 1.14. The van der Waals surface area contributed by atoms with E-state index < -0.39 is 5.79 Å². The molecule has 0 aromatic heterocycles. The Morgan fingerprint density at radius 2 is 1.75 bits per heavy atom. The van der Waals surface area contributed by atoms with Crippen LogP contribution in [0.5, 0.6) is 0 Å². The maximum Gasteiger partial charge on any atom is 0.302 e. The monoisotopic (exact) mass is 546 g/mol. The van der Waals surface area contributed by atoms with E-state index in [0.29, 0.717) is 40.6 Å². The predicted octanol–water partition coefficient (Wildman–Crippen LogP) is 8.06. The van der Waals surface area contributed by atoms with E-state index in [1.165, 1.54) is 49.7 Å². The van der Waals surface area contributed by atoms with E-state index in [-0.39, 0.29) is 12.1 Å². The number of ether oxygens (including phenoxy) is 3. The van der Waals surface area contributed by atoms with Crippen LogP contribution >= 0.6 is 0 Å². The van der Waals surface area contributed by atoms with Gasteiger partial charge in [0.1, 0.15) is 6.10 Å². The molecule has 2 saturated heterocycles. The minimum absolute atomic E-state index is 0.113. The molecule has 1 spiro atoms. The SMILES string of the molecule is CC(=O)O[C@H]1CC[C@@]2(C)[C@@H](CC[C@@H]3[C@@H]2CC[C@]2(C)[C@@H]4[C@H](C[C@@H]32)O[C@@]2(OC[C@H](C)C/C2=C\c2ccccc2)[C@H]4C)C1. The predicted molar refractivity (Wildman–Crippen MR) is 157 cm³/mol. The van der Waals surface area contributed by atoms with Gasteiger partial charge in [0.2, 0.25) is 0 Å². The average Bonchev–Trinajstić information content (AvgIpc) is 3.37. The van der Waals surface area contributed by atoms with Crippen molar-refractivity contribution in [2.75, 3.05) is 6.61 Å². The molecule has 2 heterocycles. The molecule has 4 saturated carbocycles. The molecule has 12 atom stereocenters. The zero-order chi connectivity index (χ0) is 27.9. The van der Waals surface area contributed by atoms with Gasteiger partial charge in [0.25, 0.3) is 0 Å². The zero-order valence-electron chi connectivity index (χ0n) is 25.4. The highest BCUT2D eigenvalue weighted by molar-refractivity contribution is 5.66. The van der Waals surface area contributed by atoms with Gasteiger partial charge >= 0.3 is 5.97 Å². The summed E-state index contributed by atoms with van der Waals surface area (Å²) in [6.07, 6.45) is 13.7. The van der Waals surface area contributed by atoms with Crippen molar-refractivity contribution >= 4 is 12.0 Å². The Morgan fingerprint density at radius 3 is 2.52 bits per heavy atom. The first-order chi connectivity index (χ1) is 19.1. The maximum absolute atomic E-state index is 11.7. The number of benzene rings is 1. The molecular formula is C36H50O4. The lowest BCUT2D eigenvalue weighted by molar-refractivity contribution is -0.241. The third-order valence-corrected chi connectivity index (χ3v) is 13.2. The van der Waals surface area contributed by atoms with Gasteiger partial charge in [0.15, 0.2) is 5.79 Å². The largest absolute Gasteiger partial charge is 0.463 e. The van der Waals surface area contributed by atoms with Gasteiger partial charge in [-0.15, -0.1) is 0 Å². The lowest BCUT2D eigenvalue weighted by Gasteiger charge is -2.61. The molecule has 6 fully saturated rings. The summed E-state index contributed by atoms with van der Waals surface area (Å²) in [6, 6.07) is 10.8. The van der Waals surface area contributed by atoms with Crippen LogP contribution in [0, 0.1) is 52.3 Å². The standard InChI is InChI=1S/C36H50O4/c1-22-17-27(18-25-9-7-6-8-10-25)36(38-21-22)23(2)33-32(40-36)20-31-29-12-11-26-19-28(39-24(3)37)13-15-34(26,4)30(29)14-16-35(31,33)5/h6-10,18,22-23,26,28-33H,11-17,19-21H2,1-5H3/b27-18+/t22-,23+,26+,28+,29-,30+,31+,32+,33+,34+,35+,36+/m1/s1. The van der Waals surface area contributed by atoms with E-state index >= 15 is 0 Å². The molecule has 7 rings (SSSR count). The van der Waals surface area contributed by atoms with Gasteiger partial charge in [-0.25, -0.2) is 0 Å². The normalized spacial score (nSPS) is 50.6. The highest BCUT2D eigenvalue weighted by Gasteiger charge is 2.70. The van der Waals surface area contributed by atoms with Crippen molar-refractivity contribution in [3.05, 3.63) is 41.5 Å². The molecule has 0 radical (unpaired) electrons. The molecule has 1 aromatic rings. The molecule has 40 heavy (non-hydrogen) atoms. The van der Waals surface area contributed by atoms with E-state index in [0.717, 1.165) is 43.6 Å². The quantitative estimate of drug-likeness (QED) is 0.352. The number of fused-ring (bicyclic) bond motifs is 7. The molecule has 1 aromatic carbocycles. The van der Waals surface area contributed by atoms with Crippen molar-refractivity contribution in [1.82, 2.24) is 0 Å². The lowest BCUT2D eigenvalue weighted by atomic mass is 9.44. The van der Waals surface area contributed by atoms with Gasteiger partial charge in [-0.05, 0) is 115 Å². The van der Waals surface area contributed by atoms with E-state index in [9.17, 15) is 4.79 Å². The Hall–Kier alpha value is -1.65. The van der Waals surface area contributed by atoms with Crippen molar-refractivity contribution in [2.24, 2.45) is 52.3 Å². The molecule has 0 N–H and O–H groups in total. The summed E-state index contributed by atoms with van der Waals surface area (Å²) in [5.41, 5.74) is 3.31. The van der Waals surface area contributed by atoms with Crippen molar-refractivity contribution in [3.8, 4) is 0 Å². The number of carbonyl (C=O) groups excluding carboxylic acids is 1. The van der Waals surface area contributed by atoms with Gasteiger partial charge in [0, 0.05) is 12.8 Å². The van der Waals surface area contributed by atoms with E-state index in [1.807, 2.05) is 0 Å². The van der Waals surface area contributed by atoms with Crippen molar-refractivity contribution in [2.45, 2.75) is 110 Å². The second-order valence-electron chi connectivity index (χ2n) is 15.3. The minimum Gasteiger partial charge on any atom is -0.463 e. The molecule has 4 heteroatoms. The van der Waals surface area contributed by atoms with Crippen molar-refractivity contribution in [3.63, 3.8) is 0 Å². The third-order valence-electron chi connectivity index (χ3n) is 13.2. The summed E-state index contributed by atoms with van der Waals surface area (Å²) < 4.78 is 19.7.